The lowest BCUT2D eigenvalue weighted by atomic mass is 9.44. The van der Waals surface area contributed by atoms with Crippen LogP contribution in [-0.4, -0.2) is 0 Å². The Morgan fingerprint density at radius 3 is 2.42 bits per heavy atom. The zero-order valence-corrected chi connectivity index (χ0v) is 14.3. The van der Waals surface area contributed by atoms with Crippen molar-refractivity contribution >= 4 is 27.3 Å². The highest BCUT2D eigenvalue weighted by Gasteiger charge is 2.58. The van der Waals surface area contributed by atoms with Gasteiger partial charge in [0, 0.05) is 9.75 Å². The molecule has 0 amide bonds. The SMILES string of the molecule is Cc1ccc(C(Br)C23CC4CC(CC(C)(C4)C2)C3)s1. The molecule has 5 rings (SSSR count). The predicted molar refractivity (Wildman–Crippen MR) is 85.9 cm³/mol. The quantitative estimate of drug-likeness (QED) is 0.571. The van der Waals surface area contributed by atoms with Crippen LogP contribution in [0.3, 0.4) is 0 Å². The molecule has 1 aromatic heterocycles. The summed E-state index contributed by atoms with van der Waals surface area (Å²) >= 11 is 6.12. The molecule has 4 fully saturated rings. The van der Waals surface area contributed by atoms with Gasteiger partial charge in [-0.1, -0.05) is 22.9 Å². The molecule has 0 saturated heterocycles. The Kier molecular flexibility index (Phi) is 2.78. The smallest absolute Gasteiger partial charge is 0.0545 e. The molecule has 0 N–H and O–H groups in total. The van der Waals surface area contributed by atoms with Gasteiger partial charge in [-0.25, -0.2) is 0 Å². The first kappa shape index (κ1) is 12.9. The van der Waals surface area contributed by atoms with Crippen LogP contribution in [0.4, 0.5) is 0 Å². The highest BCUT2D eigenvalue weighted by Crippen LogP contribution is 2.70. The molecule has 2 heteroatoms. The molecule has 1 heterocycles. The summed E-state index contributed by atoms with van der Waals surface area (Å²) in [5.41, 5.74) is 1.22. The molecule has 19 heavy (non-hydrogen) atoms. The van der Waals surface area contributed by atoms with Gasteiger partial charge in [0.05, 0.1) is 4.83 Å². The minimum atomic E-state index is 0.566. The Bertz CT molecular complexity index is 489. The second-order valence-corrected chi connectivity index (χ2v) is 10.2. The van der Waals surface area contributed by atoms with E-state index in [1.54, 1.807) is 4.88 Å². The topological polar surface area (TPSA) is 0 Å². The highest BCUT2D eigenvalue weighted by molar-refractivity contribution is 9.09. The summed E-state index contributed by atoms with van der Waals surface area (Å²) in [5.74, 6) is 2.04. The lowest BCUT2D eigenvalue weighted by molar-refractivity contribution is -0.101. The second-order valence-electron chi connectivity index (χ2n) is 7.95. The van der Waals surface area contributed by atoms with Crippen molar-refractivity contribution in [3.05, 3.63) is 21.9 Å². The van der Waals surface area contributed by atoms with Crippen molar-refractivity contribution in [3.63, 3.8) is 0 Å². The largest absolute Gasteiger partial charge is 0.145 e. The number of hydrogen-bond donors (Lipinski definition) is 0. The Balaban J connectivity index is 1.70. The van der Waals surface area contributed by atoms with Crippen molar-refractivity contribution in [3.8, 4) is 0 Å². The average molecular weight is 339 g/mol. The maximum absolute atomic E-state index is 4.12. The summed E-state index contributed by atoms with van der Waals surface area (Å²) in [6.45, 7) is 4.80. The minimum absolute atomic E-state index is 0.566. The van der Waals surface area contributed by atoms with Gasteiger partial charge < -0.3 is 0 Å². The van der Waals surface area contributed by atoms with E-state index in [1.165, 1.54) is 43.4 Å². The zero-order valence-electron chi connectivity index (χ0n) is 11.9. The van der Waals surface area contributed by atoms with Crippen LogP contribution in [0.15, 0.2) is 12.1 Å². The van der Waals surface area contributed by atoms with Crippen molar-refractivity contribution in [1.29, 1.82) is 0 Å². The maximum atomic E-state index is 4.12. The van der Waals surface area contributed by atoms with Crippen LogP contribution in [-0.2, 0) is 0 Å². The minimum Gasteiger partial charge on any atom is -0.145 e. The molecule has 4 aliphatic rings. The standard InChI is InChI=1S/C17H23BrS/c1-11-3-4-14(19-11)15(18)17-8-12-5-13(9-17)7-16(2,6-12)10-17/h3-4,12-13,15H,5-10H2,1-2H3. The van der Waals surface area contributed by atoms with Crippen LogP contribution in [0, 0.1) is 29.6 Å². The molecule has 0 aromatic carbocycles. The molecular weight excluding hydrogens is 316 g/mol. The highest BCUT2D eigenvalue weighted by atomic mass is 79.9. The Hall–Kier alpha value is 0.180. The second kappa shape index (κ2) is 4.10. The molecule has 1 aromatic rings. The summed E-state index contributed by atoms with van der Waals surface area (Å²) in [6, 6.07) is 4.65. The number of thiophene rings is 1. The molecule has 0 radical (unpaired) electrons. The van der Waals surface area contributed by atoms with E-state index >= 15 is 0 Å². The van der Waals surface area contributed by atoms with Crippen LogP contribution >= 0.6 is 27.3 Å². The molecule has 3 unspecified atom stereocenters. The van der Waals surface area contributed by atoms with Gasteiger partial charge >= 0.3 is 0 Å². The van der Waals surface area contributed by atoms with Gasteiger partial charge in [0.15, 0.2) is 0 Å². The summed E-state index contributed by atoms with van der Waals surface area (Å²) < 4.78 is 0. The summed E-state index contributed by atoms with van der Waals surface area (Å²) in [4.78, 5) is 3.63. The first-order valence-corrected chi connectivity index (χ1v) is 9.42. The monoisotopic (exact) mass is 338 g/mol. The first-order valence-electron chi connectivity index (χ1n) is 7.69. The Morgan fingerprint density at radius 2 is 1.89 bits per heavy atom. The predicted octanol–water partition coefficient (Wildman–Crippen LogP) is 6.10. The number of rotatable bonds is 2. The fourth-order valence-corrected chi connectivity index (χ4v) is 7.95. The third kappa shape index (κ3) is 1.97. The number of alkyl halides is 1. The fraction of sp³-hybridized carbons (Fsp3) is 0.765. The molecule has 0 spiro atoms. The summed E-state index contributed by atoms with van der Waals surface area (Å²) in [5, 5.41) is 0. The lowest BCUT2D eigenvalue weighted by Crippen LogP contribution is -2.52. The van der Waals surface area contributed by atoms with E-state index in [1.807, 2.05) is 11.3 Å². The molecular formula is C17H23BrS. The number of halogens is 1. The molecule has 4 bridgehead atoms. The van der Waals surface area contributed by atoms with Gasteiger partial charge in [0.2, 0.25) is 0 Å². The summed E-state index contributed by atoms with van der Waals surface area (Å²) in [7, 11) is 0. The molecule has 4 saturated carbocycles. The lowest BCUT2D eigenvalue weighted by Gasteiger charge is -2.62. The Morgan fingerprint density at radius 1 is 1.21 bits per heavy atom. The normalized spacial score (nSPS) is 45.6. The van der Waals surface area contributed by atoms with Crippen molar-refractivity contribution in [2.24, 2.45) is 22.7 Å². The molecule has 0 nitrogen and oxygen atoms in total. The van der Waals surface area contributed by atoms with Crippen LogP contribution < -0.4 is 0 Å². The van der Waals surface area contributed by atoms with E-state index in [4.69, 9.17) is 0 Å². The van der Waals surface area contributed by atoms with E-state index < -0.39 is 0 Å². The number of aryl methyl sites for hydroxylation is 1. The van der Waals surface area contributed by atoms with Crippen LogP contribution in [0.1, 0.15) is 60.0 Å². The van der Waals surface area contributed by atoms with Gasteiger partial charge in [0.1, 0.15) is 0 Å². The van der Waals surface area contributed by atoms with Crippen molar-refractivity contribution in [2.45, 2.75) is 57.2 Å². The van der Waals surface area contributed by atoms with Gasteiger partial charge in [0.25, 0.3) is 0 Å². The zero-order chi connectivity index (χ0) is 13.3. The van der Waals surface area contributed by atoms with Crippen molar-refractivity contribution in [1.82, 2.24) is 0 Å². The molecule has 0 aliphatic heterocycles. The first-order chi connectivity index (χ1) is 8.98. The third-order valence-corrected chi connectivity index (χ3v) is 8.78. The van der Waals surface area contributed by atoms with E-state index in [0.29, 0.717) is 15.7 Å². The van der Waals surface area contributed by atoms with Crippen molar-refractivity contribution in [2.75, 3.05) is 0 Å². The third-order valence-electron chi connectivity index (χ3n) is 5.95. The van der Waals surface area contributed by atoms with E-state index in [-0.39, 0.29) is 0 Å². The van der Waals surface area contributed by atoms with Gasteiger partial charge in [-0.3, -0.25) is 0 Å². The van der Waals surface area contributed by atoms with Gasteiger partial charge in [-0.05, 0) is 80.2 Å². The van der Waals surface area contributed by atoms with Crippen LogP contribution in [0.2, 0.25) is 0 Å². The van der Waals surface area contributed by atoms with Crippen LogP contribution in [0.5, 0.6) is 0 Å². The average Bonchev–Trinajstić information content (AvgIpc) is 2.71. The maximum Gasteiger partial charge on any atom is 0.0545 e. The van der Waals surface area contributed by atoms with Crippen molar-refractivity contribution < 1.29 is 0 Å². The van der Waals surface area contributed by atoms with Crippen LogP contribution in [0.25, 0.3) is 0 Å². The van der Waals surface area contributed by atoms with E-state index in [9.17, 15) is 0 Å². The number of hydrogen-bond acceptors (Lipinski definition) is 1. The summed E-state index contributed by atoms with van der Waals surface area (Å²) in [6.07, 6.45) is 8.96. The Labute approximate surface area is 129 Å². The molecule has 104 valence electrons. The van der Waals surface area contributed by atoms with Gasteiger partial charge in [-0.15, -0.1) is 11.3 Å². The molecule has 3 atom stereocenters. The van der Waals surface area contributed by atoms with E-state index in [0.717, 1.165) is 11.8 Å². The van der Waals surface area contributed by atoms with Gasteiger partial charge in [-0.2, -0.15) is 0 Å². The molecule has 4 aliphatic carbocycles. The fourth-order valence-electron chi connectivity index (χ4n) is 5.99. The van der Waals surface area contributed by atoms with E-state index in [2.05, 4.69) is 41.9 Å².